The number of hydrogen-bond acceptors (Lipinski definition) is 6. The summed E-state index contributed by atoms with van der Waals surface area (Å²) in [6, 6.07) is 7.47. The minimum absolute atomic E-state index is 0.524. The lowest BCUT2D eigenvalue weighted by atomic mass is 10.2. The quantitative estimate of drug-likeness (QED) is 0.845. The zero-order valence-corrected chi connectivity index (χ0v) is 12.4. The van der Waals surface area contributed by atoms with Crippen molar-refractivity contribution >= 4 is 5.95 Å². The van der Waals surface area contributed by atoms with Crippen molar-refractivity contribution in [3.63, 3.8) is 0 Å². The van der Waals surface area contributed by atoms with Crippen LogP contribution >= 0.6 is 0 Å². The van der Waals surface area contributed by atoms with Crippen LogP contribution in [0.3, 0.4) is 0 Å². The van der Waals surface area contributed by atoms with Gasteiger partial charge in [-0.2, -0.15) is 4.98 Å². The maximum absolute atomic E-state index is 5.34. The highest BCUT2D eigenvalue weighted by Gasteiger charge is 2.05. The third-order valence-electron chi connectivity index (χ3n) is 2.82. The highest BCUT2D eigenvalue weighted by atomic mass is 16.5. The molecule has 2 rings (SSSR count). The summed E-state index contributed by atoms with van der Waals surface area (Å²) in [6.07, 6.45) is 1.66. The van der Waals surface area contributed by atoms with Gasteiger partial charge in [0.1, 0.15) is 0 Å². The number of benzene rings is 1. The van der Waals surface area contributed by atoms with E-state index in [-0.39, 0.29) is 0 Å². The van der Waals surface area contributed by atoms with Crippen LogP contribution in [-0.2, 0) is 6.54 Å². The van der Waals surface area contributed by atoms with Gasteiger partial charge in [-0.15, -0.1) is 0 Å². The van der Waals surface area contributed by atoms with Gasteiger partial charge in [0.05, 0.1) is 20.8 Å². The Labute approximate surface area is 124 Å². The van der Waals surface area contributed by atoms with E-state index in [0.29, 0.717) is 36.5 Å². The fourth-order valence-corrected chi connectivity index (χ4v) is 1.83. The maximum Gasteiger partial charge on any atom is 0.226 e. The standard InChI is InChI=1S/C15H19N3O3/c1-4-21-14-7-8-16-15(18-14)17-10-11-5-6-12(19-2)13(9-11)20-3/h5-9H,4,10H2,1-3H3,(H,16,17,18). The van der Waals surface area contributed by atoms with Crippen molar-refractivity contribution in [3.05, 3.63) is 36.0 Å². The summed E-state index contributed by atoms with van der Waals surface area (Å²) in [4.78, 5) is 8.41. The Kier molecular flexibility index (Phi) is 5.20. The molecular formula is C15H19N3O3. The monoisotopic (exact) mass is 289 g/mol. The van der Waals surface area contributed by atoms with E-state index in [0.717, 1.165) is 5.56 Å². The molecule has 0 saturated heterocycles. The van der Waals surface area contributed by atoms with Crippen LogP contribution in [0.15, 0.2) is 30.5 Å². The Morgan fingerprint density at radius 1 is 1.10 bits per heavy atom. The molecule has 21 heavy (non-hydrogen) atoms. The van der Waals surface area contributed by atoms with Gasteiger partial charge < -0.3 is 19.5 Å². The molecule has 0 aliphatic carbocycles. The first-order valence-corrected chi connectivity index (χ1v) is 6.67. The maximum atomic E-state index is 5.34. The predicted octanol–water partition coefficient (Wildman–Crippen LogP) is 2.50. The van der Waals surface area contributed by atoms with Crippen LogP contribution in [0, 0.1) is 0 Å². The molecule has 0 bridgehead atoms. The smallest absolute Gasteiger partial charge is 0.226 e. The van der Waals surface area contributed by atoms with Gasteiger partial charge in [-0.1, -0.05) is 6.07 Å². The normalized spacial score (nSPS) is 10.0. The van der Waals surface area contributed by atoms with E-state index in [4.69, 9.17) is 14.2 Å². The van der Waals surface area contributed by atoms with E-state index < -0.39 is 0 Å². The molecule has 1 aromatic heterocycles. The average molecular weight is 289 g/mol. The zero-order chi connectivity index (χ0) is 15.1. The molecular weight excluding hydrogens is 270 g/mol. The van der Waals surface area contributed by atoms with Gasteiger partial charge in [0.25, 0.3) is 0 Å². The van der Waals surface area contributed by atoms with Crippen LogP contribution in [-0.4, -0.2) is 30.8 Å². The van der Waals surface area contributed by atoms with E-state index in [2.05, 4.69) is 15.3 Å². The molecule has 0 unspecified atom stereocenters. The minimum Gasteiger partial charge on any atom is -0.493 e. The topological polar surface area (TPSA) is 65.5 Å². The molecule has 6 nitrogen and oxygen atoms in total. The third-order valence-corrected chi connectivity index (χ3v) is 2.82. The molecule has 0 aliphatic heterocycles. The summed E-state index contributed by atoms with van der Waals surface area (Å²) in [5.41, 5.74) is 1.04. The molecule has 0 amide bonds. The van der Waals surface area contributed by atoms with Crippen molar-refractivity contribution < 1.29 is 14.2 Å². The summed E-state index contributed by atoms with van der Waals surface area (Å²) in [5.74, 6) is 2.48. The third kappa shape index (κ3) is 3.98. The van der Waals surface area contributed by atoms with Gasteiger partial charge in [-0.3, -0.25) is 0 Å². The van der Waals surface area contributed by atoms with Crippen molar-refractivity contribution in [1.29, 1.82) is 0 Å². The second kappa shape index (κ2) is 7.33. The highest BCUT2D eigenvalue weighted by molar-refractivity contribution is 5.43. The Morgan fingerprint density at radius 2 is 1.90 bits per heavy atom. The lowest BCUT2D eigenvalue weighted by molar-refractivity contribution is 0.326. The predicted molar refractivity (Wildman–Crippen MR) is 80.1 cm³/mol. The molecule has 0 radical (unpaired) electrons. The molecule has 0 fully saturated rings. The van der Waals surface area contributed by atoms with Gasteiger partial charge in [0.2, 0.25) is 11.8 Å². The molecule has 1 aromatic carbocycles. The fraction of sp³-hybridized carbons (Fsp3) is 0.333. The zero-order valence-electron chi connectivity index (χ0n) is 12.4. The minimum atomic E-state index is 0.524. The van der Waals surface area contributed by atoms with Crippen LogP contribution in [0.1, 0.15) is 12.5 Å². The van der Waals surface area contributed by atoms with E-state index in [1.165, 1.54) is 0 Å². The number of nitrogens with one attached hydrogen (secondary N) is 1. The fourth-order valence-electron chi connectivity index (χ4n) is 1.83. The molecule has 2 aromatic rings. The van der Waals surface area contributed by atoms with Gasteiger partial charge >= 0.3 is 0 Å². The first-order valence-electron chi connectivity index (χ1n) is 6.67. The number of rotatable bonds is 7. The SMILES string of the molecule is CCOc1ccnc(NCc2ccc(OC)c(OC)c2)n1. The van der Waals surface area contributed by atoms with Gasteiger partial charge in [-0.05, 0) is 24.6 Å². The number of aromatic nitrogens is 2. The number of methoxy groups -OCH3 is 2. The van der Waals surface area contributed by atoms with Crippen LogP contribution in [0.2, 0.25) is 0 Å². The Hall–Kier alpha value is -2.50. The summed E-state index contributed by atoms with van der Waals surface area (Å²) < 4.78 is 15.8. The number of nitrogens with zero attached hydrogens (tertiary/aromatic N) is 2. The van der Waals surface area contributed by atoms with Gasteiger partial charge in [0.15, 0.2) is 11.5 Å². The first-order chi connectivity index (χ1) is 10.3. The summed E-state index contributed by atoms with van der Waals surface area (Å²) in [5, 5.41) is 3.15. The molecule has 0 aliphatic rings. The second-order valence-electron chi connectivity index (χ2n) is 4.19. The molecule has 6 heteroatoms. The van der Waals surface area contributed by atoms with Crippen LogP contribution < -0.4 is 19.5 Å². The van der Waals surface area contributed by atoms with Gasteiger partial charge in [-0.25, -0.2) is 4.98 Å². The second-order valence-corrected chi connectivity index (χ2v) is 4.19. The van der Waals surface area contributed by atoms with Crippen molar-refractivity contribution in [1.82, 2.24) is 9.97 Å². The summed E-state index contributed by atoms with van der Waals surface area (Å²) in [7, 11) is 3.23. The highest BCUT2D eigenvalue weighted by Crippen LogP contribution is 2.27. The van der Waals surface area contributed by atoms with E-state index in [9.17, 15) is 0 Å². The number of ether oxygens (including phenoxy) is 3. The molecule has 1 N–H and O–H groups in total. The molecule has 0 atom stereocenters. The van der Waals surface area contributed by atoms with Crippen LogP contribution in [0.25, 0.3) is 0 Å². The Bertz CT molecular complexity index is 590. The molecule has 112 valence electrons. The lowest BCUT2D eigenvalue weighted by Crippen LogP contribution is -2.05. The molecule has 0 saturated carbocycles. The first kappa shape index (κ1) is 14.9. The van der Waals surface area contributed by atoms with Crippen LogP contribution in [0.5, 0.6) is 17.4 Å². The summed E-state index contributed by atoms with van der Waals surface area (Å²) in [6.45, 7) is 3.07. The summed E-state index contributed by atoms with van der Waals surface area (Å²) >= 11 is 0. The van der Waals surface area contributed by atoms with Crippen LogP contribution in [0.4, 0.5) is 5.95 Å². The molecule has 0 spiro atoms. The number of hydrogen-bond donors (Lipinski definition) is 1. The Morgan fingerprint density at radius 3 is 2.62 bits per heavy atom. The van der Waals surface area contributed by atoms with Crippen molar-refractivity contribution in [2.75, 3.05) is 26.1 Å². The van der Waals surface area contributed by atoms with E-state index in [1.807, 2.05) is 25.1 Å². The Balaban J connectivity index is 2.04. The van der Waals surface area contributed by atoms with Crippen molar-refractivity contribution in [2.45, 2.75) is 13.5 Å². The van der Waals surface area contributed by atoms with Crippen molar-refractivity contribution in [2.24, 2.45) is 0 Å². The largest absolute Gasteiger partial charge is 0.493 e. The average Bonchev–Trinajstić information content (AvgIpc) is 2.53. The lowest BCUT2D eigenvalue weighted by Gasteiger charge is -2.10. The van der Waals surface area contributed by atoms with Crippen molar-refractivity contribution in [3.8, 4) is 17.4 Å². The van der Waals surface area contributed by atoms with E-state index >= 15 is 0 Å². The molecule has 1 heterocycles. The van der Waals surface area contributed by atoms with Gasteiger partial charge in [0, 0.05) is 18.8 Å². The van der Waals surface area contributed by atoms with E-state index in [1.54, 1.807) is 26.5 Å². The number of anilines is 1.